The summed E-state index contributed by atoms with van der Waals surface area (Å²) in [5, 5.41) is 14.0. The fourth-order valence-corrected chi connectivity index (χ4v) is 3.44. The van der Waals surface area contributed by atoms with Crippen molar-refractivity contribution in [2.24, 2.45) is 0 Å². The molecule has 2 aliphatic heterocycles. The zero-order chi connectivity index (χ0) is 13.5. The molecular formula is C12H10N6S2. The van der Waals surface area contributed by atoms with E-state index in [9.17, 15) is 0 Å². The molecule has 2 aromatic heterocycles. The summed E-state index contributed by atoms with van der Waals surface area (Å²) in [5.41, 5.74) is 4.81. The van der Waals surface area contributed by atoms with E-state index in [4.69, 9.17) is 0 Å². The van der Waals surface area contributed by atoms with Crippen LogP contribution in [0.15, 0.2) is 35.6 Å². The van der Waals surface area contributed by atoms with Crippen LogP contribution in [0.25, 0.3) is 16.3 Å². The van der Waals surface area contributed by atoms with Crippen molar-refractivity contribution in [3.63, 3.8) is 0 Å². The van der Waals surface area contributed by atoms with E-state index in [1.807, 2.05) is 30.8 Å². The zero-order valence-electron chi connectivity index (χ0n) is 10.5. The number of H-pyrrole nitrogens is 1. The predicted molar refractivity (Wildman–Crippen MR) is 80.0 cm³/mol. The number of aryl methyl sites for hydroxylation is 1. The maximum absolute atomic E-state index is 4.49. The smallest absolute Gasteiger partial charge is 0.143 e. The average Bonchev–Trinajstić information content (AvgIpc) is 3.17. The summed E-state index contributed by atoms with van der Waals surface area (Å²) in [4.78, 5) is 4.49. The maximum atomic E-state index is 4.49. The molecule has 0 spiro atoms. The molecule has 2 N–H and O–H groups in total. The van der Waals surface area contributed by atoms with Gasteiger partial charge in [0.2, 0.25) is 0 Å². The molecule has 100 valence electrons. The monoisotopic (exact) mass is 302 g/mol. The first kappa shape index (κ1) is 11.7. The highest BCUT2D eigenvalue weighted by molar-refractivity contribution is 7.95. The Kier molecular flexibility index (Phi) is 2.64. The Hall–Kier alpha value is -2.06. The highest BCUT2D eigenvalue weighted by atomic mass is 32.2. The molecule has 4 rings (SSSR count). The summed E-state index contributed by atoms with van der Waals surface area (Å²) in [7, 11) is 0. The Balaban J connectivity index is 1.77. The fraction of sp³-hybridized carbons (Fsp3) is 0.0833. The van der Waals surface area contributed by atoms with E-state index in [0.29, 0.717) is 0 Å². The Bertz CT molecular complexity index is 754. The van der Waals surface area contributed by atoms with E-state index in [1.54, 1.807) is 11.3 Å². The molecule has 0 bridgehead atoms. The van der Waals surface area contributed by atoms with Crippen LogP contribution in [0.1, 0.15) is 11.4 Å². The molecule has 0 saturated heterocycles. The molecule has 0 aromatic carbocycles. The van der Waals surface area contributed by atoms with E-state index in [1.165, 1.54) is 12.1 Å². The Morgan fingerprint density at radius 2 is 2.30 bits per heavy atom. The van der Waals surface area contributed by atoms with Gasteiger partial charge in [-0.05, 0) is 19.1 Å². The van der Waals surface area contributed by atoms with Gasteiger partial charge in [-0.3, -0.25) is 9.40 Å². The number of hydrogen-bond donors (Lipinski definition) is 2. The highest BCUT2D eigenvalue weighted by Gasteiger charge is 2.21. The molecule has 0 fully saturated rings. The van der Waals surface area contributed by atoms with Gasteiger partial charge in [-0.25, -0.2) is 4.98 Å². The van der Waals surface area contributed by atoms with Gasteiger partial charge in [-0.2, -0.15) is 0 Å². The van der Waals surface area contributed by atoms with Gasteiger partial charge < -0.3 is 4.72 Å². The van der Waals surface area contributed by atoms with Crippen molar-refractivity contribution >= 4 is 29.0 Å². The van der Waals surface area contributed by atoms with Gasteiger partial charge in [0.05, 0.1) is 17.8 Å². The lowest BCUT2D eigenvalue weighted by Gasteiger charge is -2.16. The maximum Gasteiger partial charge on any atom is 0.143 e. The number of nitrogens with zero attached hydrogens (tertiary/aromatic N) is 4. The van der Waals surface area contributed by atoms with E-state index in [-0.39, 0.29) is 0 Å². The summed E-state index contributed by atoms with van der Waals surface area (Å²) >= 11 is 3.12. The summed E-state index contributed by atoms with van der Waals surface area (Å²) in [6.45, 7) is 1.98. The van der Waals surface area contributed by atoms with Crippen LogP contribution in [0.5, 0.6) is 0 Å². The van der Waals surface area contributed by atoms with E-state index >= 15 is 0 Å². The molecular weight excluding hydrogens is 292 g/mol. The van der Waals surface area contributed by atoms with Crippen molar-refractivity contribution in [1.82, 2.24) is 29.4 Å². The van der Waals surface area contributed by atoms with Crippen molar-refractivity contribution in [3.8, 4) is 10.7 Å². The predicted octanol–water partition coefficient (Wildman–Crippen LogP) is 2.46. The number of hydrogen-bond acceptors (Lipinski definition) is 7. The van der Waals surface area contributed by atoms with E-state index in [0.717, 1.165) is 33.4 Å². The molecule has 8 heteroatoms. The third kappa shape index (κ3) is 1.84. The minimum absolute atomic E-state index is 0.827. The third-order valence-electron chi connectivity index (χ3n) is 2.96. The minimum Gasteiger partial charge on any atom is -0.316 e. The van der Waals surface area contributed by atoms with Gasteiger partial charge in [-0.15, -0.1) is 16.4 Å². The molecule has 2 aromatic rings. The lowest BCUT2D eigenvalue weighted by atomic mass is 10.1. The van der Waals surface area contributed by atoms with Crippen LogP contribution in [0.2, 0.25) is 0 Å². The fourth-order valence-electron chi connectivity index (χ4n) is 2.03. The molecule has 0 aliphatic carbocycles. The van der Waals surface area contributed by atoms with Crippen molar-refractivity contribution in [2.75, 3.05) is 0 Å². The lowest BCUT2D eigenvalue weighted by Crippen LogP contribution is -2.06. The van der Waals surface area contributed by atoms with Crippen molar-refractivity contribution in [2.45, 2.75) is 6.92 Å². The number of thiazole rings is 1. The quantitative estimate of drug-likeness (QED) is 0.831. The van der Waals surface area contributed by atoms with E-state index < -0.39 is 0 Å². The molecule has 0 unspecified atom stereocenters. The average molecular weight is 302 g/mol. The molecule has 20 heavy (non-hydrogen) atoms. The highest BCUT2D eigenvalue weighted by Crippen LogP contribution is 2.34. The number of aromatic nitrogens is 4. The van der Waals surface area contributed by atoms with Crippen molar-refractivity contribution in [1.29, 1.82) is 0 Å². The number of rotatable bonds is 2. The van der Waals surface area contributed by atoms with Crippen LogP contribution >= 0.6 is 23.5 Å². The largest absolute Gasteiger partial charge is 0.316 e. The SMILES string of the molecule is Cc1csc(-c2[nH]nnc2C2=CC3=CNSN3C=C2)n1. The Morgan fingerprint density at radius 3 is 3.15 bits per heavy atom. The third-order valence-corrected chi connectivity index (χ3v) is 4.69. The molecule has 0 radical (unpaired) electrons. The Morgan fingerprint density at radius 1 is 1.35 bits per heavy atom. The number of nitrogens with one attached hydrogen (secondary N) is 2. The second-order valence-corrected chi connectivity index (χ2v) is 6.02. The number of allylic oxidation sites excluding steroid dienone is 3. The van der Waals surface area contributed by atoms with E-state index in [2.05, 4.69) is 35.5 Å². The number of aromatic amines is 1. The van der Waals surface area contributed by atoms with Gasteiger partial charge in [0.25, 0.3) is 0 Å². The summed E-state index contributed by atoms with van der Waals surface area (Å²) in [6, 6.07) is 0. The van der Waals surface area contributed by atoms with Crippen molar-refractivity contribution < 1.29 is 0 Å². The topological polar surface area (TPSA) is 69.7 Å². The lowest BCUT2D eigenvalue weighted by molar-refractivity contribution is 0.808. The Labute approximate surface area is 123 Å². The summed E-state index contributed by atoms with van der Waals surface area (Å²) in [6.07, 6.45) is 8.08. The van der Waals surface area contributed by atoms with Crippen LogP contribution in [0.3, 0.4) is 0 Å². The first-order chi connectivity index (χ1) is 9.81. The first-order valence-corrected chi connectivity index (χ1v) is 7.62. The summed E-state index contributed by atoms with van der Waals surface area (Å²) in [5.74, 6) is 0. The van der Waals surface area contributed by atoms with Crippen LogP contribution in [0.4, 0.5) is 0 Å². The molecule has 0 atom stereocenters. The van der Waals surface area contributed by atoms with Crippen LogP contribution in [-0.2, 0) is 0 Å². The molecule has 0 saturated carbocycles. The van der Waals surface area contributed by atoms with Gasteiger partial charge >= 0.3 is 0 Å². The van der Waals surface area contributed by atoms with Gasteiger partial charge in [-0.1, -0.05) is 5.21 Å². The van der Waals surface area contributed by atoms with Gasteiger partial charge in [0.1, 0.15) is 16.4 Å². The number of fused-ring (bicyclic) bond motifs is 1. The van der Waals surface area contributed by atoms with Crippen LogP contribution in [0, 0.1) is 6.92 Å². The summed E-state index contributed by atoms with van der Waals surface area (Å²) < 4.78 is 5.16. The molecule has 4 heterocycles. The second kappa shape index (κ2) is 4.50. The minimum atomic E-state index is 0.827. The van der Waals surface area contributed by atoms with Crippen LogP contribution in [-0.4, -0.2) is 24.7 Å². The molecule has 6 nitrogen and oxygen atoms in total. The van der Waals surface area contributed by atoms with Gasteiger partial charge in [0.15, 0.2) is 0 Å². The first-order valence-electron chi connectivity index (χ1n) is 5.97. The van der Waals surface area contributed by atoms with Crippen molar-refractivity contribution in [3.05, 3.63) is 47.0 Å². The van der Waals surface area contributed by atoms with Crippen LogP contribution < -0.4 is 4.72 Å². The molecule has 0 amide bonds. The second-order valence-electron chi connectivity index (χ2n) is 4.35. The van der Waals surface area contributed by atoms with Gasteiger partial charge in [0, 0.05) is 29.0 Å². The zero-order valence-corrected chi connectivity index (χ0v) is 12.1. The molecule has 2 aliphatic rings. The normalized spacial score (nSPS) is 16.8. The standard InChI is InChI=1S/C12H10N6S2/c1-7-6-19-12(14-7)11-10(15-17-16-11)8-2-3-18-9(4-8)5-13-20-18/h2-6,13H,1H3,(H,15,16,17).